The normalized spacial score (nSPS) is 11.1. The van der Waals surface area contributed by atoms with Crippen molar-refractivity contribution in [3.63, 3.8) is 0 Å². The summed E-state index contributed by atoms with van der Waals surface area (Å²) in [5, 5.41) is 9.81. The zero-order chi connectivity index (χ0) is 19.7. The Hall–Kier alpha value is -2.98. The molecule has 0 aliphatic carbocycles. The van der Waals surface area contributed by atoms with Gasteiger partial charge in [0.15, 0.2) is 11.0 Å². The predicted octanol–water partition coefficient (Wildman–Crippen LogP) is 3.53. The van der Waals surface area contributed by atoms with Crippen molar-refractivity contribution in [3.05, 3.63) is 48.4 Å². The number of methoxy groups -OCH3 is 1. The first-order valence-corrected chi connectivity index (χ1v) is 9.93. The number of benzene rings is 1. The van der Waals surface area contributed by atoms with Gasteiger partial charge in [0.25, 0.3) is 0 Å². The average Bonchev–Trinajstić information content (AvgIpc) is 3.28. The van der Waals surface area contributed by atoms with Crippen molar-refractivity contribution in [2.75, 3.05) is 18.6 Å². The molecule has 0 spiro atoms. The van der Waals surface area contributed by atoms with Crippen molar-refractivity contribution in [2.24, 2.45) is 0 Å². The third-order valence-corrected chi connectivity index (χ3v) is 6.00. The Bertz CT molecular complexity index is 1160. The highest BCUT2D eigenvalue weighted by molar-refractivity contribution is 7.99. The molecule has 4 rings (SSSR count). The molecule has 3 aromatic heterocycles. The van der Waals surface area contributed by atoms with Gasteiger partial charge in [-0.1, -0.05) is 11.8 Å². The van der Waals surface area contributed by atoms with Gasteiger partial charge in [0.2, 0.25) is 0 Å². The van der Waals surface area contributed by atoms with Gasteiger partial charge in [0.1, 0.15) is 10.6 Å². The van der Waals surface area contributed by atoms with Crippen LogP contribution in [0.15, 0.2) is 47.8 Å². The first-order chi connectivity index (χ1) is 13.6. The van der Waals surface area contributed by atoms with Crippen LogP contribution in [0, 0.1) is 5.82 Å². The number of thiophene rings is 1. The lowest BCUT2D eigenvalue weighted by Crippen LogP contribution is -2.05. The molecule has 142 valence electrons. The SMILES string of the molecule is COC(=O)CSc1nnc(-c2sc3ncccc3c2N)n1-c1ccc(F)cc1. The number of nitrogen functional groups attached to an aromatic ring is 1. The third kappa shape index (κ3) is 3.32. The van der Waals surface area contributed by atoms with Gasteiger partial charge >= 0.3 is 5.97 Å². The molecule has 0 saturated carbocycles. The molecule has 2 N–H and O–H groups in total. The number of ether oxygens (including phenoxy) is 1. The van der Waals surface area contributed by atoms with Gasteiger partial charge in [-0.15, -0.1) is 21.5 Å². The van der Waals surface area contributed by atoms with Crippen LogP contribution in [0.2, 0.25) is 0 Å². The second-order valence-electron chi connectivity index (χ2n) is 5.68. The number of hydrogen-bond acceptors (Lipinski definition) is 8. The van der Waals surface area contributed by atoms with Crippen LogP contribution in [0.1, 0.15) is 0 Å². The molecule has 0 bridgehead atoms. The number of esters is 1. The summed E-state index contributed by atoms with van der Waals surface area (Å²) in [6.45, 7) is 0. The number of fused-ring (bicyclic) bond motifs is 1. The molecular formula is C18H14FN5O2S2. The van der Waals surface area contributed by atoms with Crippen molar-refractivity contribution in [3.8, 4) is 16.4 Å². The number of halogens is 1. The summed E-state index contributed by atoms with van der Waals surface area (Å²) in [5.74, 6) is -0.169. The minimum atomic E-state index is -0.384. The Labute approximate surface area is 167 Å². The maximum absolute atomic E-state index is 13.4. The zero-order valence-electron chi connectivity index (χ0n) is 14.6. The summed E-state index contributed by atoms with van der Waals surface area (Å²) in [5.41, 5.74) is 7.54. The highest BCUT2D eigenvalue weighted by Gasteiger charge is 2.22. The second-order valence-corrected chi connectivity index (χ2v) is 7.63. The third-order valence-electron chi connectivity index (χ3n) is 3.97. The highest BCUT2D eigenvalue weighted by Crippen LogP contribution is 2.40. The fourth-order valence-electron chi connectivity index (χ4n) is 2.63. The van der Waals surface area contributed by atoms with E-state index in [1.165, 1.54) is 42.3 Å². The highest BCUT2D eigenvalue weighted by atomic mass is 32.2. The summed E-state index contributed by atoms with van der Waals surface area (Å²) in [7, 11) is 1.32. The van der Waals surface area contributed by atoms with Gasteiger partial charge in [0, 0.05) is 17.3 Å². The van der Waals surface area contributed by atoms with Gasteiger partial charge < -0.3 is 10.5 Å². The number of thioether (sulfide) groups is 1. The molecule has 4 aromatic rings. The molecule has 10 heteroatoms. The van der Waals surface area contributed by atoms with E-state index in [0.29, 0.717) is 27.2 Å². The largest absolute Gasteiger partial charge is 0.468 e. The van der Waals surface area contributed by atoms with E-state index in [1.54, 1.807) is 22.9 Å². The molecule has 0 saturated heterocycles. The van der Waals surface area contributed by atoms with Crippen LogP contribution in [0.25, 0.3) is 26.6 Å². The van der Waals surface area contributed by atoms with Crippen LogP contribution in [0.3, 0.4) is 0 Å². The zero-order valence-corrected chi connectivity index (χ0v) is 16.3. The summed E-state index contributed by atoms with van der Waals surface area (Å²) in [4.78, 5) is 17.4. The van der Waals surface area contributed by atoms with Crippen molar-refractivity contribution in [2.45, 2.75) is 5.16 Å². The fraction of sp³-hybridized carbons (Fsp3) is 0.111. The quantitative estimate of drug-likeness (QED) is 0.393. The van der Waals surface area contributed by atoms with E-state index >= 15 is 0 Å². The van der Waals surface area contributed by atoms with Crippen LogP contribution >= 0.6 is 23.1 Å². The number of nitrogens with two attached hydrogens (primary N) is 1. The van der Waals surface area contributed by atoms with E-state index in [9.17, 15) is 9.18 Å². The van der Waals surface area contributed by atoms with Crippen LogP contribution < -0.4 is 5.73 Å². The number of carbonyl (C=O) groups excluding carboxylic acids is 1. The Morgan fingerprint density at radius 2 is 2.07 bits per heavy atom. The van der Waals surface area contributed by atoms with E-state index in [1.807, 2.05) is 12.1 Å². The number of rotatable bonds is 5. The van der Waals surface area contributed by atoms with Crippen molar-refractivity contribution >= 4 is 45.0 Å². The van der Waals surface area contributed by atoms with E-state index in [0.717, 1.165) is 10.2 Å². The van der Waals surface area contributed by atoms with Crippen LogP contribution in [-0.2, 0) is 9.53 Å². The maximum Gasteiger partial charge on any atom is 0.316 e. The van der Waals surface area contributed by atoms with E-state index in [2.05, 4.69) is 15.2 Å². The molecule has 0 aliphatic heterocycles. The Morgan fingerprint density at radius 1 is 1.29 bits per heavy atom. The van der Waals surface area contributed by atoms with Gasteiger partial charge in [-0.2, -0.15) is 0 Å². The molecule has 3 heterocycles. The molecule has 0 amide bonds. The van der Waals surface area contributed by atoms with Crippen molar-refractivity contribution in [1.29, 1.82) is 0 Å². The molecule has 0 aliphatic rings. The van der Waals surface area contributed by atoms with Gasteiger partial charge in [-0.25, -0.2) is 9.37 Å². The molecule has 0 radical (unpaired) electrons. The molecule has 0 unspecified atom stereocenters. The summed E-state index contributed by atoms with van der Waals surface area (Å²) in [6.07, 6.45) is 1.70. The van der Waals surface area contributed by atoms with E-state index in [-0.39, 0.29) is 17.5 Å². The number of aromatic nitrogens is 4. The first-order valence-electron chi connectivity index (χ1n) is 8.13. The minimum Gasteiger partial charge on any atom is -0.468 e. The lowest BCUT2D eigenvalue weighted by molar-refractivity contribution is -0.137. The molecule has 0 fully saturated rings. The van der Waals surface area contributed by atoms with E-state index in [4.69, 9.17) is 10.5 Å². The number of anilines is 1. The Morgan fingerprint density at radius 3 is 2.79 bits per heavy atom. The molecule has 0 atom stereocenters. The summed E-state index contributed by atoms with van der Waals surface area (Å²) >= 11 is 2.57. The maximum atomic E-state index is 13.4. The van der Waals surface area contributed by atoms with Crippen molar-refractivity contribution < 1.29 is 13.9 Å². The van der Waals surface area contributed by atoms with Gasteiger partial charge in [-0.05, 0) is 36.4 Å². The van der Waals surface area contributed by atoms with Crippen LogP contribution in [0.5, 0.6) is 0 Å². The Balaban J connectivity index is 1.86. The average molecular weight is 415 g/mol. The molecule has 1 aromatic carbocycles. The molecule has 7 nitrogen and oxygen atoms in total. The lowest BCUT2D eigenvalue weighted by Gasteiger charge is -2.09. The second kappa shape index (κ2) is 7.56. The predicted molar refractivity (Wildman–Crippen MR) is 107 cm³/mol. The standard InChI is InChI=1S/C18H14FN5O2S2/c1-26-13(25)9-27-18-23-22-16(24(18)11-6-4-10(19)5-7-11)15-14(20)12-3-2-8-21-17(12)28-15/h2-8H,9,20H2,1H3. The summed E-state index contributed by atoms with van der Waals surface area (Å²) in [6, 6.07) is 9.65. The molecular weight excluding hydrogens is 401 g/mol. The van der Waals surface area contributed by atoms with Gasteiger partial charge in [-0.3, -0.25) is 9.36 Å². The number of pyridine rings is 1. The monoisotopic (exact) mass is 415 g/mol. The topological polar surface area (TPSA) is 95.9 Å². The smallest absolute Gasteiger partial charge is 0.316 e. The van der Waals surface area contributed by atoms with E-state index < -0.39 is 0 Å². The fourth-order valence-corrected chi connectivity index (χ4v) is 4.46. The minimum absolute atomic E-state index is 0.0687. The Kier molecular flexibility index (Phi) is 4.97. The van der Waals surface area contributed by atoms with Crippen LogP contribution in [-0.4, -0.2) is 38.6 Å². The van der Waals surface area contributed by atoms with Gasteiger partial charge in [0.05, 0.1) is 23.4 Å². The summed E-state index contributed by atoms with van der Waals surface area (Å²) < 4.78 is 19.9. The number of carbonyl (C=O) groups is 1. The van der Waals surface area contributed by atoms with Crippen LogP contribution in [0.4, 0.5) is 10.1 Å². The molecule has 28 heavy (non-hydrogen) atoms. The number of nitrogens with zero attached hydrogens (tertiary/aromatic N) is 4. The lowest BCUT2D eigenvalue weighted by atomic mass is 10.2. The number of hydrogen-bond donors (Lipinski definition) is 1. The first kappa shape index (κ1) is 18.4. The van der Waals surface area contributed by atoms with Crippen molar-refractivity contribution in [1.82, 2.24) is 19.7 Å².